The largest absolute Gasteiger partial charge is 0.573 e. The van der Waals surface area contributed by atoms with Crippen LogP contribution >= 0.6 is 0 Å². The Morgan fingerprint density at radius 3 is 2.20 bits per heavy atom. The molecule has 6 nitrogen and oxygen atoms in total. The summed E-state index contributed by atoms with van der Waals surface area (Å²) in [5.41, 5.74) is 1.67. The molecule has 0 radical (unpaired) electrons. The van der Waals surface area contributed by atoms with Gasteiger partial charge < -0.3 is 19.4 Å². The van der Waals surface area contributed by atoms with E-state index in [0.29, 0.717) is 27.8 Å². The predicted molar refractivity (Wildman–Crippen MR) is 126 cm³/mol. The number of ether oxygens (including phenoxy) is 2. The molecule has 1 heterocycles. The Morgan fingerprint density at radius 2 is 1.54 bits per heavy atom. The molecule has 0 saturated carbocycles. The van der Waals surface area contributed by atoms with Gasteiger partial charge in [0.1, 0.15) is 11.5 Å². The standard InChI is InChI=1S/C26H21F3N2O4/c1-34-19-9-5-17(6-10-19)15-24(32)30-23-4-2-3-22-21(23)13-14-31(25(22)33)16-18-7-11-20(12-8-18)35-26(27,28)29/h2-14H,15-16H2,1H3,(H,30,32). The first kappa shape index (κ1) is 23.9. The summed E-state index contributed by atoms with van der Waals surface area (Å²) in [6.07, 6.45) is -3.02. The molecule has 35 heavy (non-hydrogen) atoms. The Hall–Kier alpha value is -4.27. The van der Waals surface area contributed by atoms with Gasteiger partial charge in [0.2, 0.25) is 5.91 Å². The molecule has 9 heteroatoms. The second kappa shape index (κ2) is 9.92. The van der Waals surface area contributed by atoms with E-state index in [9.17, 15) is 22.8 Å². The van der Waals surface area contributed by atoms with Gasteiger partial charge in [-0.05, 0) is 53.6 Å². The summed E-state index contributed by atoms with van der Waals surface area (Å²) in [6.45, 7) is 0.162. The highest BCUT2D eigenvalue weighted by Crippen LogP contribution is 2.24. The second-order valence-electron chi connectivity index (χ2n) is 7.78. The molecule has 1 aromatic heterocycles. The van der Waals surface area contributed by atoms with Crippen LogP contribution in [0.15, 0.2) is 83.8 Å². The van der Waals surface area contributed by atoms with Crippen LogP contribution in [0.1, 0.15) is 11.1 Å². The first-order chi connectivity index (χ1) is 16.7. The van der Waals surface area contributed by atoms with Crippen LogP contribution in [0.3, 0.4) is 0 Å². The van der Waals surface area contributed by atoms with Crippen molar-refractivity contribution in [1.29, 1.82) is 0 Å². The van der Waals surface area contributed by atoms with Crippen LogP contribution in [0.2, 0.25) is 0 Å². The minimum atomic E-state index is -4.77. The minimum Gasteiger partial charge on any atom is -0.497 e. The van der Waals surface area contributed by atoms with Crippen molar-refractivity contribution < 1.29 is 27.4 Å². The van der Waals surface area contributed by atoms with Crippen LogP contribution in [0.25, 0.3) is 10.8 Å². The van der Waals surface area contributed by atoms with Gasteiger partial charge in [0.05, 0.1) is 20.1 Å². The van der Waals surface area contributed by atoms with E-state index in [1.54, 1.807) is 49.7 Å². The van der Waals surface area contributed by atoms with E-state index in [1.807, 2.05) is 12.1 Å². The van der Waals surface area contributed by atoms with Gasteiger partial charge in [-0.25, -0.2) is 0 Å². The highest BCUT2D eigenvalue weighted by Gasteiger charge is 2.30. The molecule has 3 aromatic carbocycles. The number of carbonyl (C=O) groups is 1. The number of aromatic nitrogens is 1. The van der Waals surface area contributed by atoms with Gasteiger partial charge in [-0.1, -0.05) is 30.3 Å². The van der Waals surface area contributed by atoms with Crippen molar-refractivity contribution in [3.63, 3.8) is 0 Å². The molecule has 0 atom stereocenters. The quantitative estimate of drug-likeness (QED) is 0.396. The molecule has 0 saturated heterocycles. The fraction of sp³-hybridized carbons (Fsp3) is 0.154. The smallest absolute Gasteiger partial charge is 0.497 e. The van der Waals surface area contributed by atoms with Crippen LogP contribution < -0.4 is 20.3 Å². The van der Waals surface area contributed by atoms with Crippen molar-refractivity contribution >= 4 is 22.4 Å². The van der Waals surface area contributed by atoms with Gasteiger partial charge in [-0.2, -0.15) is 0 Å². The summed E-state index contributed by atoms with van der Waals surface area (Å²) in [4.78, 5) is 25.6. The van der Waals surface area contributed by atoms with Crippen LogP contribution in [0, 0.1) is 0 Å². The first-order valence-electron chi connectivity index (χ1n) is 10.6. The monoisotopic (exact) mass is 482 g/mol. The average molecular weight is 482 g/mol. The highest BCUT2D eigenvalue weighted by molar-refractivity contribution is 6.02. The number of rotatable bonds is 7. The summed E-state index contributed by atoms with van der Waals surface area (Å²) in [6, 6.07) is 19.3. The van der Waals surface area contributed by atoms with Crippen LogP contribution in [-0.2, 0) is 17.8 Å². The van der Waals surface area contributed by atoms with Crippen molar-refractivity contribution in [3.05, 3.63) is 100 Å². The summed E-state index contributed by atoms with van der Waals surface area (Å²) >= 11 is 0. The molecule has 0 aliphatic heterocycles. The summed E-state index contributed by atoms with van der Waals surface area (Å²) in [7, 11) is 1.57. The zero-order valence-electron chi connectivity index (χ0n) is 18.6. The molecule has 0 aliphatic carbocycles. The molecule has 4 aromatic rings. The molecule has 1 amide bonds. The Balaban J connectivity index is 1.50. The normalized spacial score (nSPS) is 11.3. The third kappa shape index (κ3) is 6.00. The van der Waals surface area contributed by atoms with Gasteiger partial charge in [0.15, 0.2) is 0 Å². The fourth-order valence-electron chi connectivity index (χ4n) is 3.67. The summed E-state index contributed by atoms with van der Waals surface area (Å²) in [5, 5.41) is 3.86. The molecule has 4 rings (SSSR count). The van der Waals surface area contributed by atoms with Crippen molar-refractivity contribution in [2.75, 3.05) is 12.4 Å². The van der Waals surface area contributed by atoms with Crippen LogP contribution in [0.4, 0.5) is 18.9 Å². The SMILES string of the molecule is COc1ccc(CC(=O)Nc2cccc3c(=O)n(Cc4ccc(OC(F)(F)F)cc4)ccc23)cc1. The summed E-state index contributed by atoms with van der Waals surface area (Å²) < 4.78 is 47.5. The van der Waals surface area contributed by atoms with Gasteiger partial charge in [-0.3, -0.25) is 9.59 Å². The molecule has 0 bridgehead atoms. The number of methoxy groups -OCH3 is 1. The van der Waals surface area contributed by atoms with Crippen molar-refractivity contribution in [1.82, 2.24) is 4.57 Å². The number of alkyl halides is 3. The number of amides is 1. The molecular formula is C26H21F3N2O4. The van der Waals surface area contributed by atoms with Gasteiger partial charge in [0.25, 0.3) is 5.56 Å². The van der Waals surface area contributed by atoms with Crippen LogP contribution in [0.5, 0.6) is 11.5 Å². The molecule has 1 N–H and O–H groups in total. The lowest BCUT2D eigenvalue weighted by molar-refractivity contribution is -0.274. The van der Waals surface area contributed by atoms with Crippen molar-refractivity contribution in [2.24, 2.45) is 0 Å². The lowest BCUT2D eigenvalue weighted by Gasteiger charge is -2.12. The molecular weight excluding hydrogens is 461 g/mol. The number of fused-ring (bicyclic) bond motifs is 1. The van der Waals surface area contributed by atoms with E-state index in [4.69, 9.17) is 4.74 Å². The number of pyridine rings is 1. The van der Waals surface area contributed by atoms with E-state index in [0.717, 1.165) is 5.56 Å². The lowest BCUT2D eigenvalue weighted by atomic mass is 10.1. The Morgan fingerprint density at radius 1 is 0.886 bits per heavy atom. The van der Waals surface area contributed by atoms with Crippen molar-refractivity contribution in [2.45, 2.75) is 19.3 Å². The molecule has 0 unspecified atom stereocenters. The number of anilines is 1. The number of carbonyl (C=O) groups excluding carboxylic acids is 1. The molecule has 0 spiro atoms. The predicted octanol–water partition coefficient (Wildman–Crippen LogP) is 5.14. The van der Waals surface area contributed by atoms with Gasteiger partial charge in [0, 0.05) is 22.7 Å². The zero-order chi connectivity index (χ0) is 25.0. The lowest BCUT2D eigenvalue weighted by Crippen LogP contribution is -2.21. The number of nitrogens with zero attached hydrogens (tertiary/aromatic N) is 1. The van der Waals surface area contributed by atoms with E-state index >= 15 is 0 Å². The number of hydrogen-bond acceptors (Lipinski definition) is 4. The highest BCUT2D eigenvalue weighted by atomic mass is 19.4. The Labute approximate surface area is 198 Å². The fourth-order valence-corrected chi connectivity index (χ4v) is 3.67. The number of benzene rings is 3. The Kier molecular flexibility index (Phi) is 6.77. The molecule has 0 fully saturated rings. The maximum absolute atomic E-state index is 13.0. The maximum Gasteiger partial charge on any atom is 0.573 e. The van der Waals surface area contributed by atoms with Crippen LogP contribution in [-0.4, -0.2) is 23.9 Å². The van der Waals surface area contributed by atoms with E-state index in [-0.39, 0.29) is 30.2 Å². The minimum absolute atomic E-state index is 0.158. The van der Waals surface area contributed by atoms with E-state index < -0.39 is 6.36 Å². The number of halogens is 3. The third-order valence-electron chi connectivity index (χ3n) is 5.33. The van der Waals surface area contributed by atoms with Crippen molar-refractivity contribution in [3.8, 4) is 11.5 Å². The average Bonchev–Trinajstić information content (AvgIpc) is 2.82. The second-order valence-corrected chi connectivity index (χ2v) is 7.78. The molecule has 180 valence electrons. The van der Waals surface area contributed by atoms with Gasteiger partial charge >= 0.3 is 6.36 Å². The first-order valence-corrected chi connectivity index (χ1v) is 10.6. The zero-order valence-corrected chi connectivity index (χ0v) is 18.6. The summed E-state index contributed by atoms with van der Waals surface area (Å²) in [5.74, 6) is 0.139. The topological polar surface area (TPSA) is 69.6 Å². The van der Waals surface area contributed by atoms with Gasteiger partial charge in [-0.15, -0.1) is 13.2 Å². The van der Waals surface area contributed by atoms with E-state index in [1.165, 1.54) is 28.8 Å². The third-order valence-corrected chi connectivity index (χ3v) is 5.33. The van der Waals surface area contributed by atoms with E-state index in [2.05, 4.69) is 10.1 Å². The number of hydrogen-bond donors (Lipinski definition) is 1. The maximum atomic E-state index is 13.0. The number of nitrogens with one attached hydrogen (secondary N) is 1. The molecule has 0 aliphatic rings. The Bertz CT molecular complexity index is 1400.